The highest BCUT2D eigenvalue weighted by Crippen LogP contribution is 2.18. The third-order valence-electron chi connectivity index (χ3n) is 3.38. The fourth-order valence-electron chi connectivity index (χ4n) is 1.88. The van der Waals surface area contributed by atoms with Crippen molar-refractivity contribution in [1.82, 2.24) is 15.5 Å². The normalized spacial score (nSPS) is 12.8. The Morgan fingerprint density at radius 2 is 1.81 bits per heavy atom. The monoisotopic (exact) mass is 335 g/mol. The van der Waals surface area contributed by atoms with Gasteiger partial charge in [-0.3, -0.25) is 9.69 Å². The van der Waals surface area contributed by atoms with Crippen LogP contribution < -0.4 is 10.6 Å². The van der Waals surface area contributed by atoms with E-state index < -0.39 is 0 Å². The van der Waals surface area contributed by atoms with Gasteiger partial charge in [-0.1, -0.05) is 37.3 Å². The van der Waals surface area contributed by atoms with Crippen LogP contribution in [0, 0.1) is 0 Å². The van der Waals surface area contributed by atoms with Crippen LogP contribution in [0.4, 0.5) is 0 Å². The largest absolute Gasteiger partial charge is 0.353 e. The standard InChI is InChI=1S/C15H25N3O.2ClH/c1-5-18(4)14(13-9-7-6-8-10-13)15(19)17-11-12(2)16-3;;/h6-10,12,14,16H,5,11H2,1-4H3,(H,17,19);2*1H. The first-order valence-corrected chi connectivity index (χ1v) is 6.80. The van der Waals surface area contributed by atoms with Gasteiger partial charge in [-0.2, -0.15) is 0 Å². The Bertz CT molecular complexity index is 390. The van der Waals surface area contributed by atoms with Crippen LogP contribution in [0.5, 0.6) is 0 Å². The van der Waals surface area contributed by atoms with Crippen molar-refractivity contribution in [2.24, 2.45) is 0 Å². The lowest BCUT2D eigenvalue weighted by molar-refractivity contribution is -0.126. The zero-order valence-corrected chi connectivity index (χ0v) is 14.8. The van der Waals surface area contributed by atoms with Crippen molar-refractivity contribution in [1.29, 1.82) is 0 Å². The predicted molar refractivity (Wildman–Crippen MR) is 93.5 cm³/mol. The van der Waals surface area contributed by atoms with Crippen LogP contribution in [0.15, 0.2) is 30.3 Å². The van der Waals surface area contributed by atoms with Gasteiger partial charge in [0.25, 0.3) is 0 Å². The lowest BCUT2D eigenvalue weighted by Crippen LogP contribution is -2.43. The number of benzene rings is 1. The van der Waals surface area contributed by atoms with Crippen molar-refractivity contribution in [3.63, 3.8) is 0 Å². The van der Waals surface area contributed by atoms with Gasteiger partial charge in [-0.15, -0.1) is 24.8 Å². The molecular formula is C15H27Cl2N3O. The van der Waals surface area contributed by atoms with Crippen molar-refractivity contribution in [3.05, 3.63) is 35.9 Å². The fraction of sp³-hybridized carbons (Fsp3) is 0.533. The lowest BCUT2D eigenvalue weighted by atomic mass is 10.0. The van der Waals surface area contributed by atoms with Gasteiger partial charge in [0.15, 0.2) is 0 Å². The first-order valence-electron chi connectivity index (χ1n) is 6.80. The molecule has 0 fully saturated rings. The van der Waals surface area contributed by atoms with Gasteiger partial charge in [0.2, 0.25) is 5.91 Å². The number of nitrogens with zero attached hydrogens (tertiary/aromatic N) is 1. The van der Waals surface area contributed by atoms with E-state index in [1.165, 1.54) is 0 Å². The minimum atomic E-state index is -0.227. The summed E-state index contributed by atoms with van der Waals surface area (Å²) in [4.78, 5) is 14.4. The molecule has 0 aliphatic heterocycles. The molecule has 0 heterocycles. The Morgan fingerprint density at radius 3 is 2.29 bits per heavy atom. The number of amides is 1. The van der Waals surface area contributed by atoms with Crippen LogP contribution in [0.25, 0.3) is 0 Å². The second-order valence-corrected chi connectivity index (χ2v) is 4.82. The van der Waals surface area contributed by atoms with Crippen LogP contribution in [-0.2, 0) is 4.79 Å². The number of carbonyl (C=O) groups is 1. The minimum absolute atomic E-state index is 0. The molecule has 6 heteroatoms. The van der Waals surface area contributed by atoms with Gasteiger partial charge in [0.1, 0.15) is 6.04 Å². The quantitative estimate of drug-likeness (QED) is 0.803. The van der Waals surface area contributed by atoms with Crippen LogP contribution in [0.1, 0.15) is 25.5 Å². The molecule has 1 amide bonds. The molecule has 21 heavy (non-hydrogen) atoms. The molecule has 1 aromatic rings. The molecule has 0 spiro atoms. The third kappa shape index (κ3) is 7.14. The molecule has 2 atom stereocenters. The second-order valence-electron chi connectivity index (χ2n) is 4.82. The van der Waals surface area contributed by atoms with E-state index in [-0.39, 0.29) is 42.8 Å². The molecule has 4 nitrogen and oxygen atoms in total. The van der Waals surface area contributed by atoms with E-state index in [0.717, 1.165) is 12.1 Å². The molecule has 2 N–H and O–H groups in total. The topological polar surface area (TPSA) is 44.4 Å². The highest BCUT2D eigenvalue weighted by atomic mass is 35.5. The molecular weight excluding hydrogens is 309 g/mol. The zero-order chi connectivity index (χ0) is 14.3. The summed E-state index contributed by atoms with van der Waals surface area (Å²) in [6.07, 6.45) is 0. The number of likely N-dealkylation sites (N-methyl/N-ethyl adjacent to an activating group) is 2. The maximum absolute atomic E-state index is 12.4. The van der Waals surface area contributed by atoms with E-state index in [1.807, 2.05) is 51.4 Å². The van der Waals surface area contributed by atoms with E-state index in [9.17, 15) is 4.79 Å². The molecule has 0 saturated carbocycles. The average Bonchev–Trinajstić information content (AvgIpc) is 2.45. The van der Waals surface area contributed by atoms with E-state index in [4.69, 9.17) is 0 Å². The van der Waals surface area contributed by atoms with Crippen LogP contribution >= 0.6 is 24.8 Å². The van der Waals surface area contributed by atoms with Crippen molar-refractivity contribution in [2.75, 3.05) is 27.2 Å². The summed E-state index contributed by atoms with van der Waals surface area (Å²) in [5.41, 5.74) is 1.03. The molecule has 0 bridgehead atoms. The Hall–Kier alpha value is -0.810. The molecule has 0 aromatic heterocycles. The molecule has 122 valence electrons. The van der Waals surface area contributed by atoms with Crippen molar-refractivity contribution in [2.45, 2.75) is 25.9 Å². The lowest BCUT2D eigenvalue weighted by Gasteiger charge is -2.27. The number of carbonyl (C=O) groups excluding carboxylic acids is 1. The van der Waals surface area contributed by atoms with Gasteiger partial charge in [0, 0.05) is 12.6 Å². The summed E-state index contributed by atoms with van der Waals surface area (Å²) in [6, 6.07) is 9.94. The summed E-state index contributed by atoms with van der Waals surface area (Å²) < 4.78 is 0. The van der Waals surface area contributed by atoms with E-state index in [0.29, 0.717) is 6.54 Å². The van der Waals surface area contributed by atoms with Gasteiger partial charge in [0.05, 0.1) is 0 Å². The maximum Gasteiger partial charge on any atom is 0.242 e. The van der Waals surface area contributed by atoms with Gasteiger partial charge < -0.3 is 10.6 Å². The third-order valence-corrected chi connectivity index (χ3v) is 3.38. The smallest absolute Gasteiger partial charge is 0.242 e. The number of nitrogens with one attached hydrogen (secondary N) is 2. The Kier molecular flexibility index (Phi) is 12.6. The van der Waals surface area contributed by atoms with Gasteiger partial charge >= 0.3 is 0 Å². The summed E-state index contributed by atoms with van der Waals surface area (Å²) in [7, 11) is 3.86. The summed E-state index contributed by atoms with van der Waals surface area (Å²) in [6.45, 7) is 5.56. The molecule has 1 rings (SSSR count). The SMILES string of the molecule is CCN(C)C(C(=O)NCC(C)NC)c1ccccc1.Cl.Cl. The average molecular weight is 336 g/mol. The Morgan fingerprint density at radius 1 is 1.24 bits per heavy atom. The van der Waals surface area contributed by atoms with Crippen LogP contribution in [0.3, 0.4) is 0 Å². The fourth-order valence-corrected chi connectivity index (χ4v) is 1.88. The zero-order valence-electron chi connectivity index (χ0n) is 13.1. The first kappa shape index (κ1) is 22.5. The van der Waals surface area contributed by atoms with Crippen molar-refractivity contribution in [3.8, 4) is 0 Å². The minimum Gasteiger partial charge on any atom is -0.353 e. The van der Waals surface area contributed by atoms with Crippen LogP contribution in [0.2, 0.25) is 0 Å². The first-order chi connectivity index (χ1) is 9.10. The summed E-state index contributed by atoms with van der Waals surface area (Å²) in [5.74, 6) is 0.0534. The number of rotatable bonds is 7. The molecule has 0 aliphatic carbocycles. The highest BCUT2D eigenvalue weighted by molar-refractivity contribution is 5.85. The van der Waals surface area contributed by atoms with Crippen LogP contribution in [-0.4, -0.2) is 44.0 Å². The van der Waals surface area contributed by atoms with E-state index in [1.54, 1.807) is 0 Å². The van der Waals surface area contributed by atoms with E-state index >= 15 is 0 Å². The molecule has 0 aliphatic rings. The Balaban J connectivity index is 0. The summed E-state index contributed by atoms with van der Waals surface area (Å²) in [5, 5.41) is 6.12. The number of hydrogen-bond donors (Lipinski definition) is 2. The maximum atomic E-state index is 12.4. The highest BCUT2D eigenvalue weighted by Gasteiger charge is 2.23. The number of hydrogen-bond acceptors (Lipinski definition) is 3. The molecule has 1 aromatic carbocycles. The number of halogens is 2. The van der Waals surface area contributed by atoms with Crippen molar-refractivity contribution < 1.29 is 4.79 Å². The second kappa shape index (κ2) is 11.8. The van der Waals surface area contributed by atoms with Gasteiger partial charge in [-0.25, -0.2) is 0 Å². The molecule has 0 saturated heterocycles. The van der Waals surface area contributed by atoms with Gasteiger partial charge in [-0.05, 0) is 33.1 Å². The summed E-state index contributed by atoms with van der Waals surface area (Å²) >= 11 is 0. The predicted octanol–water partition coefficient (Wildman–Crippen LogP) is 2.25. The molecule has 2 unspecified atom stereocenters. The van der Waals surface area contributed by atoms with Crippen molar-refractivity contribution >= 4 is 30.7 Å². The Labute approximate surface area is 140 Å². The van der Waals surface area contributed by atoms with E-state index in [2.05, 4.69) is 22.5 Å². The molecule has 0 radical (unpaired) electrons.